The monoisotopic (exact) mass is 196 g/mol. The fourth-order valence-electron chi connectivity index (χ4n) is 0.758. The van der Waals surface area contributed by atoms with E-state index in [1.165, 1.54) is 0 Å². The highest BCUT2D eigenvalue weighted by molar-refractivity contribution is 9.09. The Hall–Kier alpha value is 0.360. The molecular weight excluding hydrogens is 188 g/mol. The molecule has 0 unspecified atom stereocenters. The quantitative estimate of drug-likeness (QED) is 0.531. The van der Waals surface area contributed by atoms with Crippen LogP contribution >= 0.6 is 15.9 Å². The SMILES string of the molecule is O[C@@H]1CO[C@H](O)[C@H](Br)C1. The van der Waals surface area contributed by atoms with E-state index in [-0.39, 0.29) is 11.4 Å². The van der Waals surface area contributed by atoms with Crippen LogP contribution in [0, 0.1) is 0 Å². The van der Waals surface area contributed by atoms with E-state index in [1.54, 1.807) is 0 Å². The van der Waals surface area contributed by atoms with Gasteiger partial charge in [-0.2, -0.15) is 0 Å². The molecule has 0 spiro atoms. The summed E-state index contributed by atoms with van der Waals surface area (Å²) in [6.45, 7) is 0.239. The summed E-state index contributed by atoms with van der Waals surface area (Å²) >= 11 is 3.16. The average Bonchev–Trinajstić information content (AvgIpc) is 1.80. The van der Waals surface area contributed by atoms with E-state index in [4.69, 9.17) is 14.9 Å². The lowest BCUT2D eigenvalue weighted by Crippen LogP contribution is -2.37. The van der Waals surface area contributed by atoms with Gasteiger partial charge in [0.1, 0.15) is 0 Å². The van der Waals surface area contributed by atoms with Crippen LogP contribution in [0.15, 0.2) is 0 Å². The number of alkyl halides is 1. The summed E-state index contributed by atoms with van der Waals surface area (Å²) < 4.78 is 4.76. The van der Waals surface area contributed by atoms with Crippen LogP contribution in [0.2, 0.25) is 0 Å². The number of aliphatic hydroxyl groups is 2. The minimum Gasteiger partial charge on any atom is -0.391 e. The van der Waals surface area contributed by atoms with Gasteiger partial charge in [-0.05, 0) is 6.42 Å². The van der Waals surface area contributed by atoms with Gasteiger partial charge in [0, 0.05) is 0 Å². The number of ether oxygens (including phenoxy) is 1. The van der Waals surface area contributed by atoms with Crippen molar-refractivity contribution in [2.24, 2.45) is 0 Å². The van der Waals surface area contributed by atoms with Gasteiger partial charge in [-0.3, -0.25) is 0 Å². The van der Waals surface area contributed by atoms with E-state index < -0.39 is 12.4 Å². The van der Waals surface area contributed by atoms with Crippen molar-refractivity contribution >= 4 is 15.9 Å². The molecule has 0 aliphatic carbocycles. The molecule has 1 saturated heterocycles. The summed E-state index contributed by atoms with van der Waals surface area (Å²) in [5.41, 5.74) is 0. The molecule has 9 heavy (non-hydrogen) atoms. The van der Waals surface area contributed by atoms with E-state index >= 15 is 0 Å². The molecule has 1 aliphatic heterocycles. The molecule has 1 fully saturated rings. The summed E-state index contributed by atoms with van der Waals surface area (Å²) in [6, 6.07) is 0. The van der Waals surface area contributed by atoms with Gasteiger partial charge >= 0.3 is 0 Å². The molecule has 1 rings (SSSR count). The van der Waals surface area contributed by atoms with E-state index in [2.05, 4.69) is 15.9 Å². The highest BCUT2D eigenvalue weighted by atomic mass is 79.9. The van der Waals surface area contributed by atoms with E-state index in [0.29, 0.717) is 6.42 Å². The van der Waals surface area contributed by atoms with Crippen LogP contribution < -0.4 is 0 Å². The Labute approximate surface area is 61.8 Å². The first kappa shape index (κ1) is 7.47. The summed E-state index contributed by atoms with van der Waals surface area (Å²) in [5.74, 6) is 0. The molecular formula is C5H9BrO3. The third kappa shape index (κ3) is 1.89. The molecule has 0 amide bonds. The normalized spacial score (nSPS) is 45.0. The second-order valence-corrected chi connectivity index (χ2v) is 3.31. The van der Waals surface area contributed by atoms with Crippen LogP contribution in [0.3, 0.4) is 0 Å². The Bertz CT molecular complexity index is 98.2. The Balaban J connectivity index is 2.35. The Kier molecular flexibility index (Phi) is 2.46. The van der Waals surface area contributed by atoms with E-state index in [1.807, 2.05) is 0 Å². The maximum Gasteiger partial charge on any atom is 0.167 e. The molecule has 3 nitrogen and oxygen atoms in total. The third-order valence-corrected chi connectivity index (χ3v) is 2.09. The third-order valence-electron chi connectivity index (χ3n) is 1.27. The first-order valence-electron chi connectivity index (χ1n) is 2.82. The summed E-state index contributed by atoms with van der Waals surface area (Å²) in [7, 11) is 0. The van der Waals surface area contributed by atoms with Crippen LogP contribution in [0.4, 0.5) is 0 Å². The second kappa shape index (κ2) is 2.96. The van der Waals surface area contributed by atoms with Crippen molar-refractivity contribution in [1.29, 1.82) is 0 Å². The van der Waals surface area contributed by atoms with E-state index in [0.717, 1.165) is 0 Å². The zero-order valence-electron chi connectivity index (χ0n) is 4.83. The van der Waals surface area contributed by atoms with Gasteiger partial charge in [-0.25, -0.2) is 0 Å². The van der Waals surface area contributed by atoms with Crippen LogP contribution in [0.1, 0.15) is 6.42 Å². The first-order valence-corrected chi connectivity index (χ1v) is 3.73. The number of aliphatic hydroxyl groups excluding tert-OH is 2. The van der Waals surface area contributed by atoms with Crippen molar-refractivity contribution in [3.63, 3.8) is 0 Å². The standard InChI is InChI=1S/C5H9BrO3/c6-4-1-3(7)2-9-5(4)8/h3-5,7-8H,1-2H2/t3-,4+,5-/m0/s1. The highest BCUT2D eigenvalue weighted by Crippen LogP contribution is 2.19. The molecule has 1 aliphatic rings. The van der Waals surface area contributed by atoms with Crippen molar-refractivity contribution < 1.29 is 14.9 Å². The van der Waals surface area contributed by atoms with E-state index in [9.17, 15) is 0 Å². The highest BCUT2D eigenvalue weighted by Gasteiger charge is 2.26. The van der Waals surface area contributed by atoms with Gasteiger partial charge in [0.05, 0.1) is 17.5 Å². The van der Waals surface area contributed by atoms with Gasteiger partial charge in [0.15, 0.2) is 6.29 Å². The zero-order chi connectivity index (χ0) is 6.85. The number of hydrogen-bond donors (Lipinski definition) is 2. The smallest absolute Gasteiger partial charge is 0.167 e. The molecule has 1 heterocycles. The van der Waals surface area contributed by atoms with Crippen LogP contribution in [-0.4, -0.2) is 34.0 Å². The Morgan fingerprint density at radius 3 is 2.56 bits per heavy atom. The molecule has 0 aromatic rings. The lowest BCUT2D eigenvalue weighted by atomic mass is 10.1. The van der Waals surface area contributed by atoms with Crippen molar-refractivity contribution in [2.45, 2.75) is 23.6 Å². The maximum atomic E-state index is 8.93. The van der Waals surface area contributed by atoms with Crippen LogP contribution in [-0.2, 0) is 4.74 Å². The predicted octanol–water partition coefficient (Wildman–Crippen LogP) is -0.151. The summed E-state index contributed by atoms with van der Waals surface area (Å²) in [6.07, 6.45) is -0.632. The molecule has 0 saturated carbocycles. The number of halogens is 1. The average molecular weight is 197 g/mol. The van der Waals surface area contributed by atoms with Gasteiger partial charge < -0.3 is 14.9 Å². The Morgan fingerprint density at radius 1 is 1.44 bits per heavy atom. The molecule has 0 aromatic carbocycles. The van der Waals surface area contributed by atoms with Crippen molar-refractivity contribution in [1.82, 2.24) is 0 Å². The molecule has 4 heteroatoms. The lowest BCUT2D eigenvalue weighted by molar-refractivity contribution is -0.149. The Morgan fingerprint density at radius 2 is 2.11 bits per heavy atom. The first-order chi connectivity index (χ1) is 4.20. The molecule has 2 N–H and O–H groups in total. The van der Waals surface area contributed by atoms with Gasteiger partial charge in [0.2, 0.25) is 0 Å². The largest absolute Gasteiger partial charge is 0.391 e. The van der Waals surface area contributed by atoms with Crippen molar-refractivity contribution in [2.75, 3.05) is 6.61 Å². The minimum atomic E-state index is -0.756. The topological polar surface area (TPSA) is 49.7 Å². The molecule has 0 bridgehead atoms. The van der Waals surface area contributed by atoms with Gasteiger partial charge in [-0.15, -0.1) is 0 Å². The molecule has 54 valence electrons. The number of rotatable bonds is 0. The lowest BCUT2D eigenvalue weighted by Gasteiger charge is -2.26. The van der Waals surface area contributed by atoms with Crippen molar-refractivity contribution in [3.8, 4) is 0 Å². The fraction of sp³-hybridized carbons (Fsp3) is 1.00. The molecule has 0 radical (unpaired) electrons. The molecule has 0 aromatic heterocycles. The maximum absolute atomic E-state index is 8.93. The number of hydrogen-bond acceptors (Lipinski definition) is 3. The van der Waals surface area contributed by atoms with Gasteiger partial charge in [-0.1, -0.05) is 15.9 Å². The summed E-state index contributed by atoms with van der Waals surface area (Å²) in [4.78, 5) is -0.124. The molecule has 3 atom stereocenters. The second-order valence-electron chi connectivity index (χ2n) is 2.13. The summed E-state index contributed by atoms with van der Waals surface area (Å²) in [5, 5.41) is 17.8. The zero-order valence-corrected chi connectivity index (χ0v) is 6.41. The van der Waals surface area contributed by atoms with Crippen molar-refractivity contribution in [3.05, 3.63) is 0 Å². The minimum absolute atomic E-state index is 0.124. The van der Waals surface area contributed by atoms with Crippen LogP contribution in [0.25, 0.3) is 0 Å². The predicted molar refractivity (Wildman–Crippen MR) is 35.3 cm³/mol. The fourth-order valence-corrected chi connectivity index (χ4v) is 1.34. The van der Waals surface area contributed by atoms with Crippen LogP contribution in [0.5, 0.6) is 0 Å². The van der Waals surface area contributed by atoms with Gasteiger partial charge in [0.25, 0.3) is 0 Å².